The van der Waals surface area contributed by atoms with Crippen molar-refractivity contribution in [3.05, 3.63) is 69.6 Å². The first kappa shape index (κ1) is 15.9. The third kappa shape index (κ3) is 3.85. The van der Waals surface area contributed by atoms with Crippen molar-refractivity contribution in [3.8, 4) is 10.9 Å². The summed E-state index contributed by atoms with van der Waals surface area (Å²) in [5.41, 5.74) is 0.850. The van der Waals surface area contributed by atoms with Gasteiger partial charge in [-0.1, -0.05) is 23.5 Å². The van der Waals surface area contributed by atoms with Gasteiger partial charge in [0.1, 0.15) is 11.4 Å². The molecule has 0 saturated heterocycles. The van der Waals surface area contributed by atoms with Crippen molar-refractivity contribution in [1.29, 1.82) is 0 Å². The molecule has 24 heavy (non-hydrogen) atoms. The minimum Gasteiger partial charge on any atom is -0.431 e. The predicted octanol–water partition coefficient (Wildman–Crippen LogP) is 1.96. The van der Waals surface area contributed by atoms with Crippen LogP contribution in [0.25, 0.3) is 0 Å². The summed E-state index contributed by atoms with van der Waals surface area (Å²) < 4.78 is 6.69. The van der Waals surface area contributed by atoms with Gasteiger partial charge in [0.15, 0.2) is 0 Å². The van der Waals surface area contributed by atoms with Crippen LogP contribution in [-0.2, 0) is 13.6 Å². The monoisotopic (exact) mass is 342 g/mol. The van der Waals surface area contributed by atoms with E-state index in [1.165, 1.54) is 30.5 Å². The molecule has 8 heteroatoms. The lowest BCUT2D eigenvalue weighted by atomic mass is 10.2. The van der Waals surface area contributed by atoms with Gasteiger partial charge in [-0.15, -0.1) is 0 Å². The number of carbonyl (C=O) groups excluding carboxylic acids is 1. The highest BCUT2D eigenvalue weighted by atomic mass is 32.1. The van der Waals surface area contributed by atoms with E-state index in [9.17, 15) is 9.59 Å². The Hall–Kier alpha value is -3.00. The van der Waals surface area contributed by atoms with Gasteiger partial charge < -0.3 is 10.1 Å². The summed E-state index contributed by atoms with van der Waals surface area (Å²) >= 11 is 1.41. The van der Waals surface area contributed by atoms with Gasteiger partial charge in [0, 0.05) is 31.2 Å². The molecule has 2 heterocycles. The second kappa shape index (κ2) is 7.05. The molecule has 0 radical (unpaired) electrons. The highest BCUT2D eigenvalue weighted by Crippen LogP contribution is 2.23. The molecule has 3 aromatic rings. The zero-order valence-corrected chi connectivity index (χ0v) is 13.6. The van der Waals surface area contributed by atoms with Crippen LogP contribution < -0.4 is 15.6 Å². The van der Waals surface area contributed by atoms with Crippen LogP contribution in [0.5, 0.6) is 10.9 Å². The molecule has 3 rings (SSSR count). The van der Waals surface area contributed by atoms with E-state index < -0.39 is 0 Å². The Morgan fingerprint density at radius 3 is 2.71 bits per heavy atom. The highest BCUT2D eigenvalue weighted by molar-refractivity contribution is 7.11. The van der Waals surface area contributed by atoms with E-state index in [0.717, 1.165) is 10.2 Å². The van der Waals surface area contributed by atoms with E-state index in [1.54, 1.807) is 6.20 Å². The molecule has 2 aromatic heterocycles. The first-order valence-corrected chi connectivity index (χ1v) is 7.98. The molecule has 0 aliphatic rings. The number of ether oxygens (including phenoxy) is 1. The molecule has 0 fully saturated rings. The quantitative estimate of drug-likeness (QED) is 0.766. The Balaban J connectivity index is 1.59. The van der Waals surface area contributed by atoms with Crippen molar-refractivity contribution < 1.29 is 9.53 Å². The van der Waals surface area contributed by atoms with Gasteiger partial charge in [-0.25, -0.2) is 9.67 Å². The Kier molecular flexibility index (Phi) is 4.66. The minimum absolute atomic E-state index is 0.195. The normalized spacial score (nSPS) is 10.4. The number of aryl methyl sites for hydroxylation is 1. The molecule has 0 unspecified atom stereocenters. The van der Waals surface area contributed by atoms with Crippen molar-refractivity contribution in [2.75, 3.05) is 0 Å². The molecule has 0 saturated carbocycles. The summed E-state index contributed by atoms with van der Waals surface area (Å²) in [6.07, 6.45) is 1.68. The molecule has 122 valence electrons. The largest absolute Gasteiger partial charge is 0.431 e. The summed E-state index contributed by atoms with van der Waals surface area (Å²) in [6, 6.07) is 10.1. The molecule has 0 bridgehead atoms. The van der Waals surface area contributed by atoms with Crippen molar-refractivity contribution >= 4 is 17.2 Å². The van der Waals surface area contributed by atoms with Gasteiger partial charge in [0.05, 0.1) is 0 Å². The number of rotatable bonds is 5. The fraction of sp³-hybridized carbons (Fsp3) is 0.125. The Bertz CT molecular complexity index is 888. The lowest BCUT2D eigenvalue weighted by molar-refractivity contribution is 0.0943. The van der Waals surface area contributed by atoms with E-state index in [-0.39, 0.29) is 17.2 Å². The van der Waals surface area contributed by atoms with E-state index in [1.807, 2.05) is 29.6 Å². The maximum absolute atomic E-state index is 12.0. The van der Waals surface area contributed by atoms with Crippen molar-refractivity contribution in [1.82, 2.24) is 20.1 Å². The van der Waals surface area contributed by atoms with E-state index in [2.05, 4.69) is 15.4 Å². The van der Waals surface area contributed by atoms with Crippen LogP contribution in [0, 0.1) is 0 Å². The molecule has 1 amide bonds. The third-order valence-electron chi connectivity index (χ3n) is 3.18. The van der Waals surface area contributed by atoms with Crippen LogP contribution in [-0.4, -0.2) is 20.7 Å². The lowest BCUT2D eigenvalue weighted by Crippen LogP contribution is -2.28. The molecular weight excluding hydrogens is 328 g/mol. The molecule has 0 aliphatic carbocycles. The minimum atomic E-state index is -0.339. The zero-order chi connectivity index (χ0) is 16.9. The second-order valence-electron chi connectivity index (χ2n) is 4.91. The van der Waals surface area contributed by atoms with E-state index >= 15 is 0 Å². The Morgan fingerprint density at radius 2 is 2.04 bits per heavy atom. The second-order valence-corrected chi connectivity index (χ2v) is 5.76. The first-order chi connectivity index (χ1) is 11.6. The van der Waals surface area contributed by atoms with Crippen molar-refractivity contribution in [2.45, 2.75) is 6.54 Å². The summed E-state index contributed by atoms with van der Waals surface area (Å²) in [5, 5.41) is 9.09. The third-order valence-corrected chi connectivity index (χ3v) is 3.83. The Labute approximate surface area is 141 Å². The standard InChI is InChI=1S/C16H14N4O3S/c1-20-14(21)7-6-13(19-20)15(22)18-10-11-2-4-12(5-3-11)23-16-17-8-9-24-16/h2-9H,10H2,1H3,(H,18,22). The first-order valence-electron chi connectivity index (χ1n) is 7.11. The van der Waals surface area contributed by atoms with Crippen LogP contribution >= 0.6 is 11.3 Å². The zero-order valence-electron chi connectivity index (χ0n) is 12.8. The molecule has 0 spiro atoms. The average Bonchev–Trinajstić information content (AvgIpc) is 3.09. The fourth-order valence-electron chi connectivity index (χ4n) is 1.93. The van der Waals surface area contributed by atoms with Gasteiger partial charge in [-0.2, -0.15) is 5.10 Å². The van der Waals surface area contributed by atoms with Gasteiger partial charge >= 0.3 is 0 Å². The number of amides is 1. The van der Waals surface area contributed by atoms with Crippen LogP contribution in [0.1, 0.15) is 16.1 Å². The average molecular weight is 342 g/mol. The van der Waals surface area contributed by atoms with Gasteiger partial charge in [0.2, 0.25) is 0 Å². The van der Waals surface area contributed by atoms with Crippen LogP contribution in [0.15, 0.2) is 52.8 Å². The lowest BCUT2D eigenvalue weighted by Gasteiger charge is -2.07. The number of nitrogens with zero attached hydrogens (tertiary/aromatic N) is 3. The van der Waals surface area contributed by atoms with E-state index in [4.69, 9.17) is 4.74 Å². The smallest absolute Gasteiger partial charge is 0.278 e. The van der Waals surface area contributed by atoms with Crippen molar-refractivity contribution in [2.24, 2.45) is 7.05 Å². The molecule has 1 aromatic carbocycles. The van der Waals surface area contributed by atoms with Gasteiger partial charge in [0.25, 0.3) is 16.7 Å². The Morgan fingerprint density at radius 1 is 1.25 bits per heavy atom. The molecular formula is C16H14N4O3S. The number of thiazole rings is 1. The topological polar surface area (TPSA) is 86.1 Å². The van der Waals surface area contributed by atoms with E-state index in [0.29, 0.717) is 17.5 Å². The number of hydrogen-bond donors (Lipinski definition) is 1. The molecule has 0 aliphatic heterocycles. The fourth-order valence-corrected chi connectivity index (χ4v) is 2.44. The van der Waals surface area contributed by atoms with Gasteiger partial charge in [-0.3, -0.25) is 9.59 Å². The molecule has 1 N–H and O–H groups in total. The number of benzene rings is 1. The SMILES string of the molecule is Cn1nc(C(=O)NCc2ccc(Oc3nccs3)cc2)ccc1=O. The summed E-state index contributed by atoms with van der Waals surface area (Å²) in [5.74, 6) is 0.341. The highest BCUT2D eigenvalue weighted by Gasteiger charge is 2.08. The molecule has 0 atom stereocenters. The van der Waals surface area contributed by atoms with Crippen LogP contribution in [0.4, 0.5) is 0 Å². The van der Waals surface area contributed by atoms with Crippen LogP contribution in [0.2, 0.25) is 0 Å². The maximum Gasteiger partial charge on any atom is 0.278 e. The number of hydrogen-bond acceptors (Lipinski definition) is 6. The molecule has 7 nitrogen and oxygen atoms in total. The maximum atomic E-state index is 12.0. The summed E-state index contributed by atoms with van der Waals surface area (Å²) in [4.78, 5) is 27.4. The summed E-state index contributed by atoms with van der Waals surface area (Å²) in [7, 11) is 1.50. The number of nitrogens with one attached hydrogen (secondary N) is 1. The number of aromatic nitrogens is 3. The number of carbonyl (C=O) groups is 1. The predicted molar refractivity (Wildman–Crippen MR) is 89.3 cm³/mol. The summed E-state index contributed by atoms with van der Waals surface area (Å²) in [6.45, 7) is 0.348. The van der Waals surface area contributed by atoms with Crippen molar-refractivity contribution in [3.63, 3.8) is 0 Å². The van der Waals surface area contributed by atoms with Gasteiger partial charge in [-0.05, 0) is 23.8 Å². The van der Waals surface area contributed by atoms with Crippen LogP contribution in [0.3, 0.4) is 0 Å².